The number of thiophene rings is 1. The molecule has 0 saturated carbocycles. The first kappa shape index (κ1) is 21.0. The van der Waals surface area contributed by atoms with E-state index in [4.69, 9.17) is 4.74 Å². The minimum absolute atomic E-state index is 0.110. The lowest BCUT2D eigenvalue weighted by molar-refractivity contribution is -0.132. The van der Waals surface area contributed by atoms with Crippen molar-refractivity contribution >= 4 is 34.8 Å². The quantitative estimate of drug-likeness (QED) is 0.732. The van der Waals surface area contributed by atoms with Gasteiger partial charge in [-0.05, 0) is 23.9 Å². The Labute approximate surface area is 174 Å². The molecular weight excluding hydrogens is 390 g/mol. The van der Waals surface area contributed by atoms with E-state index < -0.39 is 5.97 Å². The predicted octanol–water partition coefficient (Wildman–Crippen LogP) is 2.17. The molecule has 0 unspecified atom stereocenters. The number of ether oxygens (including phenoxy) is 1. The molecule has 0 aliphatic carbocycles. The molecule has 7 nitrogen and oxygen atoms in total. The first-order valence-corrected chi connectivity index (χ1v) is 10.4. The number of methoxy groups -OCH3 is 1. The second kappa shape index (κ2) is 9.67. The third kappa shape index (κ3) is 5.65. The van der Waals surface area contributed by atoms with Crippen molar-refractivity contribution in [1.29, 1.82) is 0 Å². The van der Waals surface area contributed by atoms with E-state index in [-0.39, 0.29) is 18.4 Å². The lowest BCUT2D eigenvalue weighted by atomic mass is 10.1. The molecule has 1 aromatic heterocycles. The van der Waals surface area contributed by atoms with Crippen LogP contribution in [-0.4, -0.2) is 67.4 Å². The van der Waals surface area contributed by atoms with Gasteiger partial charge in [0.1, 0.15) is 4.88 Å². The van der Waals surface area contributed by atoms with Gasteiger partial charge in [0.05, 0.1) is 25.8 Å². The number of amides is 2. The first-order chi connectivity index (χ1) is 14.0. The zero-order valence-electron chi connectivity index (χ0n) is 16.6. The molecule has 1 fully saturated rings. The van der Waals surface area contributed by atoms with Crippen molar-refractivity contribution in [2.24, 2.45) is 0 Å². The maximum Gasteiger partial charge on any atom is 0.350 e. The Morgan fingerprint density at radius 1 is 1.07 bits per heavy atom. The normalized spacial score (nSPS) is 14.5. The Morgan fingerprint density at radius 2 is 1.76 bits per heavy atom. The molecule has 29 heavy (non-hydrogen) atoms. The highest BCUT2D eigenvalue weighted by Gasteiger charge is 2.23. The summed E-state index contributed by atoms with van der Waals surface area (Å²) < 4.78 is 4.72. The van der Waals surface area contributed by atoms with E-state index in [2.05, 4.69) is 5.32 Å². The number of benzene rings is 1. The molecule has 1 saturated heterocycles. The number of aryl methyl sites for hydroxylation is 1. The fourth-order valence-electron chi connectivity index (χ4n) is 3.20. The van der Waals surface area contributed by atoms with Gasteiger partial charge in [-0.2, -0.15) is 0 Å². The summed E-state index contributed by atoms with van der Waals surface area (Å²) in [6.07, 6.45) is 0.398. The average molecular weight is 416 g/mol. The van der Waals surface area contributed by atoms with E-state index in [1.165, 1.54) is 24.0 Å². The van der Waals surface area contributed by atoms with Gasteiger partial charge in [0.25, 0.3) is 0 Å². The number of nitrogens with one attached hydrogen (secondary N) is 1. The highest BCUT2D eigenvalue weighted by Crippen LogP contribution is 2.23. The van der Waals surface area contributed by atoms with Crippen LogP contribution in [0.15, 0.2) is 35.7 Å². The number of rotatable bonds is 6. The van der Waals surface area contributed by atoms with Crippen molar-refractivity contribution in [3.05, 3.63) is 51.7 Å². The Morgan fingerprint density at radius 3 is 2.41 bits per heavy atom. The van der Waals surface area contributed by atoms with Crippen LogP contribution in [0.25, 0.3) is 0 Å². The molecule has 0 atom stereocenters. The Balaban J connectivity index is 1.45. The molecule has 154 valence electrons. The molecule has 1 N–H and O–H groups in total. The molecular formula is C21H25N3O4S. The van der Waals surface area contributed by atoms with E-state index in [1.54, 1.807) is 11.4 Å². The second-order valence-corrected chi connectivity index (χ2v) is 7.94. The highest BCUT2D eigenvalue weighted by atomic mass is 32.1. The summed E-state index contributed by atoms with van der Waals surface area (Å²) in [4.78, 5) is 40.8. The first-order valence-electron chi connectivity index (χ1n) is 9.47. The Bertz CT molecular complexity index is 870. The summed E-state index contributed by atoms with van der Waals surface area (Å²) in [5.74, 6) is -0.539. The van der Waals surface area contributed by atoms with Gasteiger partial charge in [-0.25, -0.2) is 4.79 Å². The molecule has 1 aliphatic heterocycles. The fraction of sp³-hybridized carbons (Fsp3) is 0.381. The van der Waals surface area contributed by atoms with Crippen LogP contribution in [0.4, 0.5) is 5.69 Å². The molecule has 2 aromatic rings. The second-order valence-electron chi connectivity index (χ2n) is 7.02. The van der Waals surface area contributed by atoms with Crippen molar-refractivity contribution in [1.82, 2.24) is 9.80 Å². The molecule has 8 heteroatoms. The lowest BCUT2D eigenvalue weighted by Gasteiger charge is -2.34. The molecule has 0 spiro atoms. The summed E-state index contributed by atoms with van der Waals surface area (Å²) in [6, 6.07) is 9.69. The van der Waals surface area contributed by atoms with Gasteiger partial charge in [0.15, 0.2) is 0 Å². The molecule has 3 rings (SSSR count). The number of carbonyl (C=O) groups is 3. The van der Waals surface area contributed by atoms with E-state index in [9.17, 15) is 14.4 Å². The fourth-order valence-corrected chi connectivity index (χ4v) is 3.96. The van der Waals surface area contributed by atoms with Crippen LogP contribution in [0.1, 0.15) is 20.8 Å². The number of nitrogens with zero attached hydrogens (tertiary/aromatic N) is 2. The van der Waals surface area contributed by atoms with Crippen molar-refractivity contribution in [2.45, 2.75) is 13.3 Å². The summed E-state index contributed by atoms with van der Waals surface area (Å²) >= 11 is 1.23. The molecule has 0 bridgehead atoms. The van der Waals surface area contributed by atoms with Gasteiger partial charge in [-0.15, -0.1) is 11.3 Å². The summed E-state index contributed by atoms with van der Waals surface area (Å²) in [5, 5.41) is 4.51. The SMILES string of the molecule is COC(=O)c1sccc1NC(=O)CN1CCN(C(=O)Cc2ccc(C)cc2)CC1. The number of anilines is 1. The van der Waals surface area contributed by atoms with Gasteiger partial charge >= 0.3 is 5.97 Å². The standard InChI is InChI=1S/C21H25N3O4S/c1-15-3-5-16(6-4-15)13-19(26)24-10-8-23(9-11-24)14-18(25)22-17-7-12-29-20(17)21(27)28-2/h3-7,12H,8-11,13-14H2,1-2H3,(H,22,25). The van der Waals surface area contributed by atoms with Crippen molar-refractivity contribution < 1.29 is 19.1 Å². The van der Waals surface area contributed by atoms with E-state index in [1.807, 2.05) is 41.0 Å². The number of hydrogen-bond acceptors (Lipinski definition) is 6. The van der Waals surface area contributed by atoms with Crippen LogP contribution in [0.5, 0.6) is 0 Å². The summed E-state index contributed by atoms with van der Waals surface area (Å²) in [6.45, 7) is 4.72. The van der Waals surface area contributed by atoms with Crippen molar-refractivity contribution in [3.8, 4) is 0 Å². The molecule has 2 heterocycles. The van der Waals surface area contributed by atoms with E-state index >= 15 is 0 Å². The van der Waals surface area contributed by atoms with Gasteiger partial charge < -0.3 is 15.0 Å². The zero-order valence-corrected chi connectivity index (χ0v) is 17.5. The Hall–Kier alpha value is -2.71. The van der Waals surface area contributed by atoms with Gasteiger partial charge in [-0.1, -0.05) is 29.8 Å². The minimum Gasteiger partial charge on any atom is -0.465 e. The monoisotopic (exact) mass is 415 g/mol. The van der Waals surface area contributed by atoms with Crippen LogP contribution in [0, 0.1) is 6.92 Å². The summed E-state index contributed by atoms with van der Waals surface area (Å²) in [7, 11) is 1.31. The highest BCUT2D eigenvalue weighted by molar-refractivity contribution is 7.12. The van der Waals surface area contributed by atoms with Crippen molar-refractivity contribution in [3.63, 3.8) is 0 Å². The zero-order chi connectivity index (χ0) is 20.8. The molecule has 0 radical (unpaired) electrons. The topological polar surface area (TPSA) is 79.0 Å². The molecule has 2 amide bonds. The van der Waals surface area contributed by atoms with Crippen LogP contribution in [0.2, 0.25) is 0 Å². The van der Waals surface area contributed by atoms with E-state index in [0.717, 1.165) is 5.56 Å². The maximum absolute atomic E-state index is 12.5. The van der Waals surface area contributed by atoms with Gasteiger partial charge in [-0.3, -0.25) is 14.5 Å². The smallest absolute Gasteiger partial charge is 0.350 e. The number of carbonyl (C=O) groups excluding carboxylic acids is 3. The predicted molar refractivity (Wildman–Crippen MR) is 112 cm³/mol. The van der Waals surface area contributed by atoms with Crippen molar-refractivity contribution in [2.75, 3.05) is 45.2 Å². The lowest BCUT2D eigenvalue weighted by Crippen LogP contribution is -2.50. The van der Waals surface area contributed by atoms with Gasteiger partial charge in [0, 0.05) is 26.2 Å². The van der Waals surface area contributed by atoms with Crippen LogP contribution in [-0.2, 0) is 20.7 Å². The third-order valence-electron chi connectivity index (χ3n) is 4.88. The van der Waals surface area contributed by atoms with Crippen LogP contribution >= 0.6 is 11.3 Å². The van der Waals surface area contributed by atoms with Crippen LogP contribution in [0.3, 0.4) is 0 Å². The largest absolute Gasteiger partial charge is 0.465 e. The van der Waals surface area contributed by atoms with Gasteiger partial charge in [0.2, 0.25) is 11.8 Å². The number of hydrogen-bond donors (Lipinski definition) is 1. The number of piperazine rings is 1. The third-order valence-corrected chi connectivity index (χ3v) is 5.77. The van der Waals surface area contributed by atoms with E-state index in [0.29, 0.717) is 43.2 Å². The van der Waals surface area contributed by atoms with Crippen LogP contribution < -0.4 is 5.32 Å². The maximum atomic E-state index is 12.5. The number of esters is 1. The average Bonchev–Trinajstić information content (AvgIpc) is 3.17. The Kier molecular flexibility index (Phi) is 7.00. The molecule has 1 aromatic carbocycles. The summed E-state index contributed by atoms with van der Waals surface area (Å²) in [5.41, 5.74) is 2.66. The molecule has 1 aliphatic rings. The minimum atomic E-state index is -0.462.